The van der Waals surface area contributed by atoms with Crippen LogP contribution in [0.15, 0.2) is 14.4 Å². The fraction of sp³-hybridized carbons (Fsp3) is 0.250. The van der Waals surface area contributed by atoms with Gasteiger partial charge in [0.2, 0.25) is 0 Å². The van der Waals surface area contributed by atoms with E-state index in [1.165, 1.54) is 14.1 Å². The first kappa shape index (κ1) is 11.7. The lowest BCUT2D eigenvalue weighted by atomic mass is 10.4. The van der Waals surface area contributed by atoms with Gasteiger partial charge in [-0.3, -0.25) is 23.7 Å². The van der Waals surface area contributed by atoms with E-state index in [9.17, 15) is 24.5 Å². The number of hydrogen-bond acceptors (Lipinski definition) is 6. The number of fused-ring (bicyclic) bond motifs is 1. The number of nitro groups is 1. The number of aryl methyl sites for hydroxylation is 1. The summed E-state index contributed by atoms with van der Waals surface area (Å²) in [4.78, 5) is 49.7. The average molecular weight is 253 g/mol. The van der Waals surface area contributed by atoms with Crippen LogP contribution in [0.2, 0.25) is 0 Å². The van der Waals surface area contributed by atoms with Gasteiger partial charge in [0, 0.05) is 14.1 Å². The normalized spacial score (nSPS) is 10.8. The summed E-state index contributed by atoms with van der Waals surface area (Å²) in [6.07, 6.45) is 0. The van der Waals surface area contributed by atoms with Gasteiger partial charge in [-0.2, -0.15) is 0 Å². The number of rotatable bonds is 1. The standard InChI is InChI=1S/C8H7N5O5/c1-11-4-3(7(15)12(2)8(11)16)9-5(13(17)18)6(14)10-4/h1-2H3,(H,10,14). The molecule has 10 heteroatoms. The van der Waals surface area contributed by atoms with Crippen LogP contribution in [0, 0.1) is 10.1 Å². The first-order valence-electron chi connectivity index (χ1n) is 4.69. The highest BCUT2D eigenvalue weighted by Crippen LogP contribution is 2.03. The van der Waals surface area contributed by atoms with E-state index in [1.54, 1.807) is 0 Å². The van der Waals surface area contributed by atoms with Crippen LogP contribution in [0.5, 0.6) is 0 Å². The molecular formula is C8H7N5O5. The Morgan fingerprint density at radius 2 is 1.83 bits per heavy atom. The van der Waals surface area contributed by atoms with Gasteiger partial charge in [0.1, 0.15) is 0 Å². The SMILES string of the molecule is Cn1c(=O)c2nc([N+](=O)[O-])c(=O)[nH]c2n(C)c1=O. The Bertz CT molecular complexity index is 842. The third kappa shape index (κ3) is 1.43. The highest BCUT2D eigenvalue weighted by Gasteiger charge is 2.21. The topological polar surface area (TPSA) is 133 Å². The molecule has 2 rings (SSSR count). The van der Waals surface area contributed by atoms with Crippen molar-refractivity contribution in [2.24, 2.45) is 14.1 Å². The van der Waals surface area contributed by atoms with Gasteiger partial charge in [0.25, 0.3) is 5.52 Å². The molecule has 0 saturated heterocycles. The number of aromatic nitrogens is 4. The third-order valence-electron chi connectivity index (χ3n) is 2.47. The van der Waals surface area contributed by atoms with Gasteiger partial charge < -0.3 is 10.1 Å². The van der Waals surface area contributed by atoms with Crippen LogP contribution in [0.3, 0.4) is 0 Å². The van der Waals surface area contributed by atoms with Gasteiger partial charge in [-0.05, 0) is 9.91 Å². The molecule has 18 heavy (non-hydrogen) atoms. The van der Waals surface area contributed by atoms with Crippen LogP contribution < -0.4 is 16.8 Å². The fourth-order valence-corrected chi connectivity index (χ4v) is 1.51. The minimum absolute atomic E-state index is 0.154. The molecule has 0 unspecified atom stereocenters. The summed E-state index contributed by atoms with van der Waals surface area (Å²) in [5, 5.41) is 10.6. The quantitative estimate of drug-likeness (QED) is 0.472. The Morgan fingerprint density at radius 1 is 1.22 bits per heavy atom. The zero-order valence-corrected chi connectivity index (χ0v) is 9.33. The number of nitrogens with zero attached hydrogens (tertiary/aromatic N) is 4. The van der Waals surface area contributed by atoms with Crippen molar-refractivity contribution in [2.45, 2.75) is 0 Å². The molecule has 1 N–H and O–H groups in total. The molecule has 0 radical (unpaired) electrons. The van der Waals surface area contributed by atoms with Gasteiger partial charge in [0.15, 0.2) is 5.65 Å². The Balaban J connectivity index is 3.14. The summed E-state index contributed by atoms with van der Waals surface area (Å²) in [5.41, 5.74) is -3.05. The largest absolute Gasteiger partial charge is 0.430 e. The van der Waals surface area contributed by atoms with E-state index in [0.717, 1.165) is 9.13 Å². The van der Waals surface area contributed by atoms with Crippen molar-refractivity contribution in [3.05, 3.63) is 41.3 Å². The highest BCUT2D eigenvalue weighted by atomic mass is 16.6. The molecule has 0 aliphatic rings. The molecular weight excluding hydrogens is 246 g/mol. The minimum Gasteiger partial charge on any atom is -0.358 e. The van der Waals surface area contributed by atoms with Crippen LogP contribution in [-0.4, -0.2) is 24.0 Å². The highest BCUT2D eigenvalue weighted by molar-refractivity contribution is 5.69. The zero-order valence-electron chi connectivity index (χ0n) is 9.33. The monoisotopic (exact) mass is 253 g/mol. The maximum atomic E-state index is 11.7. The summed E-state index contributed by atoms with van der Waals surface area (Å²) in [7, 11) is 2.52. The lowest BCUT2D eigenvalue weighted by Crippen LogP contribution is -2.38. The average Bonchev–Trinajstić information content (AvgIpc) is 2.33. The summed E-state index contributed by atoms with van der Waals surface area (Å²) >= 11 is 0. The maximum absolute atomic E-state index is 11.7. The number of aromatic amines is 1. The Kier molecular flexibility index (Phi) is 2.35. The van der Waals surface area contributed by atoms with Gasteiger partial charge >= 0.3 is 22.6 Å². The first-order valence-corrected chi connectivity index (χ1v) is 4.69. The lowest BCUT2D eigenvalue weighted by Gasteiger charge is -2.03. The lowest BCUT2D eigenvalue weighted by molar-refractivity contribution is -0.390. The van der Waals surface area contributed by atoms with Gasteiger partial charge in [-0.25, -0.2) is 4.79 Å². The van der Waals surface area contributed by atoms with Crippen molar-refractivity contribution in [1.29, 1.82) is 0 Å². The van der Waals surface area contributed by atoms with Gasteiger partial charge in [-0.1, -0.05) is 0 Å². The van der Waals surface area contributed by atoms with Crippen LogP contribution in [-0.2, 0) is 14.1 Å². The van der Waals surface area contributed by atoms with E-state index < -0.39 is 27.5 Å². The molecule has 10 nitrogen and oxygen atoms in total. The molecule has 94 valence electrons. The minimum atomic E-state index is -1.07. The van der Waals surface area contributed by atoms with Crippen molar-refractivity contribution in [2.75, 3.05) is 0 Å². The second kappa shape index (κ2) is 3.61. The van der Waals surface area contributed by atoms with Crippen LogP contribution in [0.1, 0.15) is 0 Å². The summed E-state index contributed by atoms with van der Waals surface area (Å²) in [6, 6.07) is 0. The van der Waals surface area contributed by atoms with Gasteiger partial charge in [-0.15, -0.1) is 0 Å². The van der Waals surface area contributed by atoms with E-state index in [2.05, 4.69) is 9.97 Å². The van der Waals surface area contributed by atoms with Crippen LogP contribution >= 0.6 is 0 Å². The van der Waals surface area contributed by atoms with Crippen molar-refractivity contribution in [3.63, 3.8) is 0 Å². The molecule has 0 atom stereocenters. The zero-order chi connectivity index (χ0) is 13.6. The van der Waals surface area contributed by atoms with Crippen LogP contribution in [0.4, 0.5) is 5.82 Å². The molecule has 0 aliphatic carbocycles. The van der Waals surface area contributed by atoms with E-state index in [-0.39, 0.29) is 11.2 Å². The smallest absolute Gasteiger partial charge is 0.358 e. The van der Waals surface area contributed by atoms with Crippen molar-refractivity contribution in [3.8, 4) is 0 Å². The Labute approximate surface area is 97.3 Å². The number of H-pyrrole nitrogens is 1. The molecule has 0 bridgehead atoms. The second-order valence-corrected chi connectivity index (χ2v) is 3.55. The van der Waals surface area contributed by atoms with Gasteiger partial charge in [0.05, 0.1) is 0 Å². The maximum Gasteiger partial charge on any atom is 0.430 e. The Morgan fingerprint density at radius 3 is 2.39 bits per heavy atom. The van der Waals surface area contributed by atoms with Crippen LogP contribution in [0.25, 0.3) is 11.2 Å². The van der Waals surface area contributed by atoms with E-state index in [0.29, 0.717) is 0 Å². The van der Waals surface area contributed by atoms with E-state index in [4.69, 9.17) is 0 Å². The molecule has 0 aliphatic heterocycles. The predicted molar refractivity (Wildman–Crippen MR) is 59.5 cm³/mol. The molecule has 2 heterocycles. The first-order chi connectivity index (χ1) is 8.34. The number of nitrogens with one attached hydrogen (secondary N) is 1. The summed E-state index contributed by atoms with van der Waals surface area (Å²) < 4.78 is 1.73. The molecule has 0 spiro atoms. The molecule has 0 aromatic carbocycles. The molecule has 2 aromatic rings. The van der Waals surface area contributed by atoms with Crippen molar-refractivity contribution in [1.82, 2.24) is 19.1 Å². The van der Waals surface area contributed by atoms with Crippen molar-refractivity contribution >= 4 is 17.0 Å². The van der Waals surface area contributed by atoms with E-state index in [1.807, 2.05) is 0 Å². The van der Waals surface area contributed by atoms with Crippen molar-refractivity contribution < 1.29 is 4.92 Å². The summed E-state index contributed by atoms with van der Waals surface area (Å²) in [5.74, 6) is -0.988. The molecule has 0 amide bonds. The third-order valence-corrected chi connectivity index (χ3v) is 2.47. The molecule has 2 aromatic heterocycles. The fourth-order valence-electron chi connectivity index (χ4n) is 1.51. The molecule has 0 saturated carbocycles. The Hall–Kier alpha value is -2.78. The van der Waals surface area contributed by atoms with E-state index >= 15 is 0 Å². The second-order valence-electron chi connectivity index (χ2n) is 3.55. The predicted octanol–water partition coefficient (Wildman–Crippen LogP) is -1.77. The summed E-state index contributed by atoms with van der Waals surface area (Å²) in [6.45, 7) is 0. The molecule has 0 fully saturated rings. The number of hydrogen-bond donors (Lipinski definition) is 1.